The van der Waals surface area contributed by atoms with Gasteiger partial charge in [-0.05, 0) is 38.0 Å². The molecule has 118 valence electrons. The molecule has 1 aliphatic carbocycles. The van der Waals surface area contributed by atoms with Crippen LogP contribution >= 0.6 is 11.3 Å². The highest BCUT2D eigenvalue weighted by Crippen LogP contribution is 2.26. The van der Waals surface area contributed by atoms with Crippen LogP contribution in [0.25, 0.3) is 10.2 Å². The van der Waals surface area contributed by atoms with E-state index in [4.69, 9.17) is 0 Å². The van der Waals surface area contributed by atoms with Gasteiger partial charge in [0.25, 0.3) is 0 Å². The summed E-state index contributed by atoms with van der Waals surface area (Å²) in [4.78, 5) is 16.4. The average molecular weight is 338 g/mol. The molecule has 0 saturated heterocycles. The van der Waals surface area contributed by atoms with E-state index in [-0.39, 0.29) is 5.25 Å². The molecule has 1 aromatic heterocycles. The molecule has 22 heavy (non-hydrogen) atoms. The number of aromatic nitrogens is 1. The van der Waals surface area contributed by atoms with E-state index >= 15 is 0 Å². The van der Waals surface area contributed by atoms with Crippen LogP contribution in [0, 0.1) is 6.92 Å². The summed E-state index contributed by atoms with van der Waals surface area (Å²) in [7, 11) is -3.34. The molecule has 1 N–H and O–H groups in total. The number of rotatable bonds is 4. The molecule has 2 aromatic rings. The number of benzene rings is 1. The zero-order chi connectivity index (χ0) is 15.7. The number of sulfone groups is 1. The lowest BCUT2D eigenvalue weighted by atomic mass is 10.3. The van der Waals surface area contributed by atoms with E-state index in [0.717, 1.165) is 28.1 Å². The third-order valence-corrected chi connectivity index (χ3v) is 7.01. The van der Waals surface area contributed by atoms with Crippen LogP contribution in [0.3, 0.4) is 0 Å². The van der Waals surface area contributed by atoms with Crippen molar-refractivity contribution in [1.29, 1.82) is 0 Å². The van der Waals surface area contributed by atoms with Gasteiger partial charge in [0, 0.05) is 5.69 Å². The monoisotopic (exact) mass is 338 g/mol. The van der Waals surface area contributed by atoms with Crippen molar-refractivity contribution in [2.24, 2.45) is 0 Å². The van der Waals surface area contributed by atoms with Gasteiger partial charge in [0.1, 0.15) is 5.75 Å². The number of amides is 1. The molecule has 5 nitrogen and oxygen atoms in total. The first-order chi connectivity index (χ1) is 10.4. The number of nitrogens with one attached hydrogen (secondary N) is 1. The molecule has 3 rings (SSSR count). The predicted molar refractivity (Wildman–Crippen MR) is 89.0 cm³/mol. The van der Waals surface area contributed by atoms with E-state index in [1.54, 1.807) is 17.4 Å². The highest BCUT2D eigenvalue weighted by molar-refractivity contribution is 7.92. The van der Waals surface area contributed by atoms with Crippen molar-refractivity contribution in [3.63, 3.8) is 0 Å². The number of thiazole rings is 1. The van der Waals surface area contributed by atoms with Gasteiger partial charge in [0.2, 0.25) is 5.91 Å². The molecule has 0 spiro atoms. The van der Waals surface area contributed by atoms with Crippen molar-refractivity contribution >= 4 is 43.0 Å². The molecular formula is C15H18N2O3S2. The largest absolute Gasteiger partial charge is 0.325 e. The van der Waals surface area contributed by atoms with Crippen LogP contribution in [0.2, 0.25) is 0 Å². The quantitative estimate of drug-likeness (QED) is 0.930. The lowest BCUT2D eigenvalue weighted by Gasteiger charge is -2.11. The van der Waals surface area contributed by atoms with Gasteiger partial charge in [-0.3, -0.25) is 4.79 Å². The fourth-order valence-corrected chi connectivity index (χ4v) is 5.45. The Hall–Kier alpha value is -1.47. The maximum Gasteiger partial charge on any atom is 0.239 e. The topological polar surface area (TPSA) is 76.1 Å². The molecule has 0 unspecified atom stereocenters. The molecule has 1 aliphatic rings. The van der Waals surface area contributed by atoms with Gasteiger partial charge in [-0.2, -0.15) is 0 Å². The zero-order valence-electron chi connectivity index (χ0n) is 12.3. The van der Waals surface area contributed by atoms with Gasteiger partial charge in [-0.1, -0.05) is 12.8 Å². The summed E-state index contributed by atoms with van der Waals surface area (Å²) in [6.45, 7) is 1.93. The maximum absolute atomic E-state index is 12.2. The number of carbonyl (C=O) groups is 1. The van der Waals surface area contributed by atoms with Crippen molar-refractivity contribution in [2.45, 2.75) is 37.9 Å². The molecule has 0 bridgehead atoms. The minimum Gasteiger partial charge on any atom is -0.325 e. The van der Waals surface area contributed by atoms with E-state index in [9.17, 15) is 13.2 Å². The molecule has 1 heterocycles. The van der Waals surface area contributed by atoms with E-state index < -0.39 is 21.5 Å². The third-order valence-electron chi connectivity index (χ3n) is 3.92. The summed E-state index contributed by atoms with van der Waals surface area (Å²) in [6, 6.07) is 5.42. The van der Waals surface area contributed by atoms with Crippen molar-refractivity contribution < 1.29 is 13.2 Å². The standard InChI is InChI=1S/C15H18N2O3S2/c1-10-16-13-7-6-11(8-14(13)21-10)17-15(18)9-22(19,20)12-4-2-3-5-12/h6-8,12H,2-5,9H2,1H3,(H,17,18). The summed E-state index contributed by atoms with van der Waals surface area (Å²) < 4.78 is 25.3. The SMILES string of the molecule is Cc1nc2ccc(NC(=O)CS(=O)(=O)C3CCCC3)cc2s1. The third kappa shape index (κ3) is 3.30. The molecule has 1 aromatic carbocycles. The van der Waals surface area contributed by atoms with E-state index in [1.807, 2.05) is 19.1 Å². The van der Waals surface area contributed by atoms with Crippen LogP contribution in [0.5, 0.6) is 0 Å². The number of nitrogens with zero attached hydrogens (tertiary/aromatic N) is 1. The van der Waals surface area contributed by atoms with Gasteiger partial charge in [-0.15, -0.1) is 11.3 Å². The molecule has 1 saturated carbocycles. The van der Waals surface area contributed by atoms with Crippen LogP contribution in [-0.4, -0.2) is 30.3 Å². The smallest absolute Gasteiger partial charge is 0.239 e. The Balaban J connectivity index is 1.69. The van der Waals surface area contributed by atoms with Crippen molar-refractivity contribution in [1.82, 2.24) is 4.98 Å². The van der Waals surface area contributed by atoms with Crippen LogP contribution in [0.15, 0.2) is 18.2 Å². The Bertz CT molecular complexity index is 805. The Kier molecular flexibility index (Phi) is 4.18. The minimum atomic E-state index is -3.34. The van der Waals surface area contributed by atoms with Crippen LogP contribution in [0.4, 0.5) is 5.69 Å². The summed E-state index contributed by atoms with van der Waals surface area (Å²) >= 11 is 1.55. The first-order valence-electron chi connectivity index (χ1n) is 7.33. The number of carbonyl (C=O) groups excluding carboxylic acids is 1. The normalized spacial score (nSPS) is 16.2. The molecule has 0 radical (unpaired) electrons. The summed E-state index contributed by atoms with van der Waals surface area (Å²) in [6.07, 6.45) is 3.24. The Morgan fingerprint density at radius 3 is 2.82 bits per heavy atom. The van der Waals surface area contributed by atoms with Gasteiger partial charge in [-0.25, -0.2) is 13.4 Å². The second kappa shape index (κ2) is 5.96. The first kappa shape index (κ1) is 15.4. The van der Waals surface area contributed by atoms with E-state index in [0.29, 0.717) is 18.5 Å². The number of hydrogen-bond acceptors (Lipinski definition) is 5. The van der Waals surface area contributed by atoms with Crippen molar-refractivity contribution in [3.8, 4) is 0 Å². The number of aryl methyl sites for hydroxylation is 1. The molecule has 1 amide bonds. The number of anilines is 1. The van der Waals surface area contributed by atoms with Crippen LogP contribution in [0.1, 0.15) is 30.7 Å². The Labute approximate surface area is 133 Å². The highest BCUT2D eigenvalue weighted by atomic mass is 32.2. The summed E-state index contributed by atoms with van der Waals surface area (Å²) in [5.41, 5.74) is 1.50. The minimum absolute atomic E-state index is 0.343. The Morgan fingerprint density at radius 2 is 2.09 bits per heavy atom. The average Bonchev–Trinajstić information content (AvgIpc) is 3.05. The second-order valence-electron chi connectivity index (χ2n) is 5.68. The van der Waals surface area contributed by atoms with Gasteiger partial charge in [0.05, 0.1) is 20.5 Å². The van der Waals surface area contributed by atoms with Crippen molar-refractivity contribution in [2.75, 3.05) is 11.1 Å². The first-order valence-corrected chi connectivity index (χ1v) is 9.86. The summed E-state index contributed by atoms with van der Waals surface area (Å²) in [5.74, 6) is -0.898. The molecule has 0 atom stereocenters. The molecule has 0 aliphatic heterocycles. The van der Waals surface area contributed by atoms with Gasteiger partial charge in [0.15, 0.2) is 9.84 Å². The highest BCUT2D eigenvalue weighted by Gasteiger charge is 2.30. The van der Waals surface area contributed by atoms with Gasteiger partial charge < -0.3 is 5.32 Å². The fraction of sp³-hybridized carbons (Fsp3) is 0.467. The molecular weight excluding hydrogens is 320 g/mol. The lowest BCUT2D eigenvalue weighted by molar-refractivity contribution is -0.113. The zero-order valence-corrected chi connectivity index (χ0v) is 14.0. The maximum atomic E-state index is 12.2. The van der Waals surface area contributed by atoms with Crippen molar-refractivity contribution in [3.05, 3.63) is 23.2 Å². The molecule has 7 heteroatoms. The predicted octanol–water partition coefficient (Wildman–Crippen LogP) is 2.90. The summed E-state index contributed by atoms with van der Waals surface area (Å²) in [5, 5.41) is 3.30. The lowest BCUT2D eigenvalue weighted by Crippen LogP contribution is -2.29. The number of fused-ring (bicyclic) bond motifs is 1. The van der Waals surface area contributed by atoms with Crippen LogP contribution in [-0.2, 0) is 14.6 Å². The number of hydrogen-bond donors (Lipinski definition) is 1. The Morgan fingerprint density at radius 1 is 1.36 bits per heavy atom. The van der Waals surface area contributed by atoms with E-state index in [2.05, 4.69) is 10.3 Å². The van der Waals surface area contributed by atoms with Crippen LogP contribution < -0.4 is 5.32 Å². The van der Waals surface area contributed by atoms with E-state index in [1.165, 1.54) is 0 Å². The second-order valence-corrected chi connectivity index (χ2v) is 9.19. The fourth-order valence-electron chi connectivity index (χ4n) is 2.86. The molecule has 1 fully saturated rings. The van der Waals surface area contributed by atoms with Gasteiger partial charge >= 0.3 is 0 Å².